The first-order valence-corrected chi connectivity index (χ1v) is 12.6. The fraction of sp³-hybridized carbons (Fsp3) is 0.160. The number of nitrogens with one attached hydrogen (secondary N) is 1. The summed E-state index contributed by atoms with van der Waals surface area (Å²) in [6, 6.07) is 19.9. The van der Waals surface area contributed by atoms with Gasteiger partial charge in [0.2, 0.25) is 14.9 Å². The molecule has 0 atom stereocenters. The number of benzene rings is 3. The van der Waals surface area contributed by atoms with Gasteiger partial charge in [0, 0.05) is 16.1 Å². The Hall–Kier alpha value is -3.49. The van der Waals surface area contributed by atoms with Crippen LogP contribution in [0.5, 0.6) is 0 Å². The van der Waals surface area contributed by atoms with Crippen molar-refractivity contribution < 1.29 is 8.42 Å². The number of hydrogen-bond donors (Lipinski definition) is 1. The standard InChI is InChI=1S/C25H22ClN5O2S/c1-15(2)17-9-12-19(13-10-17)34(32,33)25-24-28-23(27-18-11-8-16(3)21(26)14-18)20-6-4-5-7-22(20)31(24)30-29-25/h4-15H,1-3H3,(H,27,28). The summed E-state index contributed by atoms with van der Waals surface area (Å²) in [6.07, 6.45) is 0. The van der Waals surface area contributed by atoms with E-state index in [-0.39, 0.29) is 15.6 Å². The zero-order valence-electron chi connectivity index (χ0n) is 18.8. The number of hydrogen-bond acceptors (Lipinski definition) is 6. The van der Waals surface area contributed by atoms with E-state index in [0.717, 1.165) is 22.2 Å². The second-order valence-electron chi connectivity index (χ2n) is 8.42. The number of halogens is 1. The van der Waals surface area contributed by atoms with Crippen LogP contribution in [0.4, 0.5) is 11.5 Å². The van der Waals surface area contributed by atoms with Crippen molar-refractivity contribution in [2.45, 2.75) is 36.6 Å². The maximum absolute atomic E-state index is 13.5. The number of nitrogens with zero attached hydrogens (tertiary/aromatic N) is 4. The fourth-order valence-corrected chi connectivity index (χ4v) is 5.18. The number of fused-ring (bicyclic) bond motifs is 3. The minimum atomic E-state index is -3.94. The highest BCUT2D eigenvalue weighted by molar-refractivity contribution is 7.91. The van der Waals surface area contributed by atoms with Crippen LogP contribution in [0, 0.1) is 6.92 Å². The highest BCUT2D eigenvalue weighted by atomic mass is 35.5. The van der Waals surface area contributed by atoms with Crippen LogP contribution in [0.15, 0.2) is 76.7 Å². The summed E-state index contributed by atoms with van der Waals surface area (Å²) >= 11 is 6.30. The summed E-state index contributed by atoms with van der Waals surface area (Å²) in [7, 11) is -3.94. The third-order valence-corrected chi connectivity index (χ3v) is 7.84. The Balaban J connectivity index is 1.68. The van der Waals surface area contributed by atoms with E-state index in [1.54, 1.807) is 18.2 Å². The van der Waals surface area contributed by atoms with E-state index < -0.39 is 9.84 Å². The number of rotatable bonds is 5. The van der Waals surface area contributed by atoms with E-state index >= 15 is 0 Å². The molecule has 0 amide bonds. The smallest absolute Gasteiger partial charge is 0.229 e. The molecular weight excluding hydrogens is 470 g/mol. The highest BCUT2D eigenvalue weighted by Crippen LogP contribution is 2.31. The Morgan fingerprint density at radius 1 is 1.00 bits per heavy atom. The van der Waals surface area contributed by atoms with Crippen molar-refractivity contribution in [3.63, 3.8) is 0 Å². The van der Waals surface area contributed by atoms with Gasteiger partial charge in [-0.25, -0.2) is 13.4 Å². The van der Waals surface area contributed by atoms with Crippen LogP contribution in [0.1, 0.15) is 30.9 Å². The van der Waals surface area contributed by atoms with Crippen LogP contribution in [-0.2, 0) is 9.84 Å². The summed E-state index contributed by atoms with van der Waals surface area (Å²) in [5, 5.41) is 12.6. The third-order valence-electron chi connectivity index (χ3n) is 5.77. The van der Waals surface area contributed by atoms with Crippen molar-refractivity contribution in [1.82, 2.24) is 19.8 Å². The molecule has 2 aromatic heterocycles. The maximum Gasteiger partial charge on any atom is 0.229 e. The predicted octanol–water partition coefficient (Wildman–Crippen LogP) is 5.94. The molecule has 0 saturated carbocycles. The second kappa shape index (κ2) is 8.38. The number of aromatic nitrogens is 4. The molecule has 2 heterocycles. The molecule has 5 aromatic rings. The van der Waals surface area contributed by atoms with Gasteiger partial charge in [-0.1, -0.05) is 61.0 Å². The van der Waals surface area contributed by atoms with E-state index in [0.29, 0.717) is 22.3 Å². The number of anilines is 2. The Kier molecular flexibility index (Phi) is 5.50. The van der Waals surface area contributed by atoms with Gasteiger partial charge in [0.15, 0.2) is 5.65 Å². The zero-order chi connectivity index (χ0) is 24.0. The van der Waals surface area contributed by atoms with Crippen molar-refractivity contribution >= 4 is 49.5 Å². The lowest BCUT2D eigenvalue weighted by atomic mass is 10.0. The lowest BCUT2D eigenvalue weighted by molar-refractivity contribution is 0.592. The summed E-state index contributed by atoms with van der Waals surface area (Å²) in [5.74, 6) is 0.778. The molecule has 9 heteroatoms. The molecule has 0 fully saturated rings. The van der Waals surface area contributed by atoms with E-state index in [1.807, 2.05) is 55.5 Å². The van der Waals surface area contributed by atoms with Crippen molar-refractivity contribution in [2.24, 2.45) is 0 Å². The van der Waals surface area contributed by atoms with Gasteiger partial charge in [-0.15, -0.1) is 5.10 Å². The normalized spacial score (nSPS) is 12.0. The van der Waals surface area contributed by atoms with Crippen LogP contribution in [0.3, 0.4) is 0 Å². The van der Waals surface area contributed by atoms with Gasteiger partial charge in [-0.3, -0.25) is 0 Å². The fourth-order valence-electron chi connectivity index (χ4n) is 3.77. The Morgan fingerprint density at radius 3 is 2.44 bits per heavy atom. The average molecular weight is 492 g/mol. The Morgan fingerprint density at radius 2 is 1.74 bits per heavy atom. The third kappa shape index (κ3) is 3.78. The molecule has 1 N–H and O–H groups in total. The van der Waals surface area contributed by atoms with Crippen molar-refractivity contribution in [1.29, 1.82) is 0 Å². The number of aryl methyl sites for hydroxylation is 1. The molecule has 0 aliphatic heterocycles. The van der Waals surface area contributed by atoms with Crippen LogP contribution in [0.2, 0.25) is 5.02 Å². The van der Waals surface area contributed by atoms with Crippen molar-refractivity contribution in [3.05, 3.63) is 82.9 Å². The minimum absolute atomic E-state index is 0.146. The molecule has 0 aliphatic carbocycles. The number of sulfone groups is 1. The van der Waals surface area contributed by atoms with E-state index in [2.05, 4.69) is 34.5 Å². The topological polar surface area (TPSA) is 89.2 Å². The van der Waals surface area contributed by atoms with E-state index in [1.165, 1.54) is 4.52 Å². The summed E-state index contributed by atoms with van der Waals surface area (Å²) in [5.41, 5.74) is 3.57. The summed E-state index contributed by atoms with van der Waals surface area (Å²) in [4.78, 5) is 4.80. The maximum atomic E-state index is 13.5. The molecule has 0 unspecified atom stereocenters. The van der Waals surface area contributed by atoms with Gasteiger partial charge >= 0.3 is 0 Å². The predicted molar refractivity (Wildman–Crippen MR) is 134 cm³/mol. The monoisotopic (exact) mass is 491 g/mol. The molecule has 5 rings (SSSR count). The van der Waals surface area contributed by atoms with Crippen LogP contribution >= 0.6 is 11.6 Å². The molecule has 34 heavy (non-hydrogen) atoms. The lowest BCUT2D eigenvalue weighted by Crippen LogP contribution is -2.06. The van der Waals surface area contributed by atoms with Gasteiger partial charge in [-0.2, -0.15) is 4.52 Å². The Bertz CT molecular complexity index is 1640. The average Bonchev–Trinajstić information content (AvgIpc) is 3.26. The first-order valence-electron chi connectivity index (χ1n) is 10.8. The molecule has 0 spiro atoms. The van der Waals surface area contributed by atoms with Gasteiger partial charge in [0.1, 0.15) is 5.82 Å². The molecule has 0 saturated heterocycles. The number of para-hydroxylation sites is 1. The van der Waals surface area contributed by atoms with Crippen molar-refractivity contribution in [2.75, 3.05) is 5.32 Å². The molecule has 0 bridgehead atoms. The molecular formula is C25H22ClN5O2S. The van der Waals surface area contributed by atoms with Crippen LogP contribution < -0.4 is 5.32 Å². The van der Waals surface area contributed by atoms with Gasteiger partial charge in [0.25, 0.3) is 0 Å². The second-order valence-corrected chi connectivity index (χ2v) is 10.7. The summed E-state index contributed by atoms with van der Waals surface area (Å²) in [6.45, 7) is 6.04. The van der Waals surface area contributed by atoms with Gasteiger partial charge in [-0.05, 0) is 60.4 Å². The Labute approximate surface area is 202 Å². The first-order chi connectivity index (χ1) is 16.3. The lowest BCUT2D eigenvalue weighted by Gasteiger charge is -2.11. The molecule has 3 aromatic carbocycles. The largest absolute Gasteiger partial charge is 0.340 e. The SMILES string of the molecule is Cc1ccc(Nc2nc3c(S(=O)(=O)c4ccc(C(C)C)cc4)nnn3c3ccccc23)cc1Cl. The molecule has 0 radical (unpaired) electrons. The van der Waals surface area contributed by atoms with E-state index in [4.69, 9.17) is 11.6 Å². The highest BCUT2D eigenvalue weighted by Gasteiger charge is 2.27. The first kappa shape index (κ1) is 22.3. The molecule has 172 valence electrons. The minimum Gasteiger partial charge on any atom is -0.340 e. The van der Waals surface area contributed by atoms with E-state index in [9.17, 15) is 8.42 Å². The summed E-state index contributed by atoms with van der Waals surface area (Å²) < 4.78 is 28.4. The van der Waals surface area contributed by atoms with Gasteiger partial charge in [0.05, 0.1) is 10.4 Å². The van der Waals surface area contributed by atoms with Gasteiger partial charge < -0.3 is 5.32 Å². The van der Waals surface area contributed by atoms with Crippen molar-refractivity contribution in [3.8, 4) is 0 Å². The van der Waals surface area contributed by atoms with Crippen LogP contribution in [0.25, 0.3) is 16.6 Å². The van der Waals surface area contributed by atoms with Crippen LogP contribution in [-0.4, -0.2) is 28.2 Å². The quantitative estimate of drug-likeness (QED) is 0.327. The zero-order valence-corrected chi connectivity index (χ0v) is 20.4. The molecule has 7 nitrogen and oxygen atoms in total. The molecule has 0 aliphatic rings.